The van der Waals surface area contributed by atoms with E-state index in [0.29, 0.717) is 34.6 Å². The fourth-order valence-electron chi connectivity index (χ4n) is 2.50. The Balaban J connectivity index is 2.07. The van der Waals surface area contributed by atoms with E-state index in [2.05, 4.69) is 0 Å². The summed E-state index contributed by atoms with van der Waals surface area (Å²) >= 11 is 6.15. The third-order valence-corrected chi connectivity index (χ3v) is 3.86. The van der Waals surface area contributed by atoms with Crippen LogP contribution in [0.2, 0.25) is 5.02 Å². The summed E-state index contributed by atoms with van der Waals surface area (Å²) in [5.41, 5.74) is 0.492. The van der Waals surface area contributed by atoms with Gasteiger partial charge in [-0.05, 0) is 30.9 Å². The quantitative estimate of drug-likeness (QED) is 0.762. The van der Waals surface area contributed by atoms with Gasteiger partial charge in [-0.2, -0.15) is 0 Å². The van der Waals surface area contributed by atoms with Crippen molar-refractivity contribution in [3.63, 3.8) is 0 Å². The minimum absolute atomic E-state index is 0.428. The van der Waals surface area contributed by atoms with Crippen LogP contribution in [-0.2, 0) is 0 Å². The van der Waals surface area contributed by atoms with Crippen molar-refractivity contribution < 1.29 is 14.3 Å². The summed E-state index contributed by atoms with van der Waals surface area (Å²) in [4.78, 5) is 10.8. The predicted molar refractivity (Wildman–Crippen MR) is 75.5 cm³/mol. The van der Waals surface area contributed by atoms with Crippen LogP contribution in [-0.4, -0.2) is 20.0 Å². The fraction of sp³-hybridized carbons (Fsp3) is 0.533. The van der Waals surface area contributed by atoms with Crippen molar-refractivity contribution in [2.75, 3.05) is 13.7 Å². The van der Waals surface area contributed by atoms with Gasteiger partial charge in [0.2, 0.25) is 0 Å². The molecule has 0 saturated heterocycles. The molecule has 3 nitrogen and oxygen atoms in total. The van der Waals surface area contributed by atoms with E-state index in [1.54, 1.807) is 19.2 Å². The summed E-state index contributed by atoms with van der Waals surface area (Å²) in [6.07, 6.45) is 7.07. The zero-order chi connectivity index (χ0) is 13.7. The van der Waals surface area contributed by atoms with Crippen molar-refractivity contribution in [2.24, 2.45) is 5.92 Å². The number of rotatable bonds is 5. The minimum atomic E-state index is 0.428. The van der Waals surface area contributed by atoms with Gasteiger partial charge in [0.05, 0.1) is 18.7 Å². The minimum Gasteiger partial charge on any atom is -0.493 e. The number of ether oxygens (including phenoxy) is 2. The van der Waals surface area contributed by atoms with Crippen molar-refractivity contribution in [2.45, 2.75) is 32.1 Å². The van der Waals surface area contributed by atoms with E-state index in [1.807, 2.05) is 0 Å². The van der Waals surface area contributed by atoms with Crippen LogP contribution in [0.3, 0.4) is 0 Å². The molecule has 19 heavy (non-hydrogen) atoms. The van der Waals surface area contributed by atoms with E-state index < -0.39 is 0 Å². The van der Waals surface area contributed by atoms with Crippen molar-refractivity contribution >= 4 is 17.9 Å². The lowest BCUT2D eigenvalue weighted by atomic mass is 9.90. The van der Waals surface area contributed by atoms with Gasteiger partial charge >= 0.3 is 0 Å². The maximum atomic E-state index is 10.8. The molecule has 0 bridgehead atoms. The molecular weight excluding hydrogens is 264 g/mol. The lowest BCUT2D eigenvalue weighted by molar-refractivity contribution is 0.112. The Morgan fingerprint density at radius 1 is 1.32 bits per heavy atom. The van der Waals surface area contributed by atoms with Gasteiger partial charge in [0, 0.05) is 5.56 Å². The molecule has 0 atom stereocenters. The van der Waals surface area contributed by atoms with Crippen molar-refractivity contribution in [1.82, 2.24) is 0 Å². The average molecular weight is 283 g/mol. The SMILES string of the molecule is COc1cc(C=O)cc(Cl)c1OCC1CCCCC1. The molecule has 1 aromatic rings. The molecule has 104 valence electrons. The smallest absolute Gasteiger partial charge is 0.179 e. The van der Waals surface area contributed by atoms with E-state index in [-0.39, 0.29) is 0 Å². The normalized spacial score (nSPS) is 16.1. The summed E-state index contributed by atoms with van der Waals surface area (Å²) in [5.74, 6) is 1.66. The predicted octanol–water partition coefficient (Wildman–Crippen LogP) is 4.12. The largest absolute Gasteiger partial charge is 0.493 e. The van der Waals surface area contributed by atoms with E-state index >= 15 is 0 Å². The molecule has 0 aliphatic heterocycles. The number of benzene rings is 1. The van der Waals surface area contributed by atoms with Crippen molar-refractivity contribution in [3.8, 4) is 11.5 Å². The van der Waals surface area contributed by atoms with Crippen molar-refractivity contribution in [3.05, 3.63) is 22.7 Å². The first-order valence-electron chi connectivity index (χ1n) is 6.70. The van der Waals surface area contributed by atoms with Gasteiger partial charge in [-0.3, -0.25) is 4.79 Å². The van der Waals surface area contributed by atoms with Crippen LogP contribution in [0.15, 0.2) is 12.1 Å². The zero-order valence-corrected chi connectivity index (χ0v) is 11.9. The number of carbonyl (C=O) groups is 1. The van der Waals surface area contributed by atoms with Gasteiger partial charge in [-0.1, -0.05) is 30.9 Å². The standard InChI is InChI=1S/C15H19ClO3/c1-18-14-8-12(9-17)7-13(16)15(14)19-10-11-5-3-2-4-6-11/h7-9,11H,2-6,10H2,1H3. The Hall–Kier alpha value is -1.22. The maximum Gasteiger partial charge on any atom is 0.179 e. The summed E-state index contributed by atoms with van der Waals surface area (Å²) in [6, 6.07) is 3.25. The molecule has 1 aromatic carbocycles. The van der Waals surface area contributed by atoms with Gasteiger partial charge in [0.15, 0.2) is 11.5 Å². The second-order valence-corrected chi connectivity index (χ2v) is 5.37. The highest BCUT2D eigenvalue weighted by Gasteiger charge is 2.17. The number of hydrogen-bond donors (Lipinski definition) is 0. The summed E-state index contributed by atoms with van der Waals surface area (Å²) in [6.45, 7) is 0.663. The molecular formula is C15H19ClO3. The van der Waals surface area contributed by atoms with Crippen LogP contribution in [0.1, 0.15) is 42.5 Å². The molecule has 4 heteroatoms. The molecule has 0 amide bonds. The van der Waals surface area contributed by atoms with Gasteiger partial charge in [0.1, 0.15) is 6.29 Å². The van der Waals surface area contributed by atoms with Crippen LogP contribution >= 0.6 is 11.6 Å². The van der Waals surface area contributed by atoms with Gasteiger partial charge in [0.25, 0.3) is 0 Å². The molecule has 0 unspecified atom stereocenters. The van der Waals surface area contributed by atoms with Crippen LogP contribution < -0.4 is 9.47 Å². The molecule has 0 heterocycles. The first-order valence-corrected chi connectivity index (χ1v) is 7.08. The van der Waals surface area contributed by atoms with Gasteiger partial charge in [-0.25, -0.2) is 0 Å². The van der Waals surface area contributed by atoms with Gasteiger partial charge < -0.3 is 9.47 Å². The maximum absolute atomic E-state index is 10.8. The number of methoxy groups -OCH3 is 1. The molecule has 0 aromatic heterocycles. The Morgan fingerprint density at radius 3 is 2.68 bits per heavy atom. The van der Waals surface area contributed by atoms with Crippen LogP contribution in [0.5, 0.6) is 11.5 Å². The first kappa shape index (κ1) is 14.2. The highest BCUT2D eigenvalue weighted by molar-refractivity contribution is 6.32. The molecule has 1 saturated carbocycles. The van der Waals surface area contributed by atoms with E-state index in [1.165, 1.54) is 32.1 Å². The van der Waals surface area contributed by atoms with Crippen molar-refractivity contribution in [1.29, 1.82) is 0 Å². The van der Waals surface area contributed by atoms with Gasteiger partial charge in [-0.15, -0.1) is 0 Å². The molecule has 2 rings (SSSR count). The fourth-order valence-corrected chi connectivity index (χ4v) is 2.78. The van der Waals surface area contributed by atoms with E-state index in [0.717, 1.165) is 6.29 Å². The Morgan fingerprint density at radius 2 is 2.05 bits per heavy atom. The molecule has 0 N–H and O–H groups in total. The first-order chi connectivity index (χ1) is 9.24. The zero-order valence-electron chi connectivity index (χ0n) is 11.2. The molecule has 1 aliphatic rings. The number of hydrogen-bond acceptors (Lipinski definition) is 3. The highest BCUT2D eigenvalue weighted by atomic mass is 35.5. The third kappa shape index (κ3) is 3.63. The van der Waals surface area contributed by atoms with Crippen LogP contribution in [0, 0.1) is 5.92 Å². The number of aldehydes is 1. The molecule has 0 radical (unpaired) electrons. The second kappa shape index (κ2) is 6.80. The van der Waals surface area contributed by atoms with Crippen LogP contribution in [0.25, 0.3) is 0 Å². The third-order valence-electron chi connectivity index (χ3n) is 3.58. The number of carbonyl (C=O) groups excluding carboxylic acids is 1. The lowest BCUT2D eigenvalue weighted by Gasteiger charge is -2.22. The second-order valence-electron chi connectivity index (χ2n) is 4.97. The highest BCUT2D eigenvalue weighted by Crippen LogP contribution is 2.37. The average Bonchev–Trinajstić information content (AvgIpc) is 2.46. The summed E-state index contributed by atoms with van der Waals surface area (Å²) < 4.78 is 11.1. The molecule has 1 fully saturated rings. The van der Waals surface area contributed by atoms with Crippen LogP contribution in [0.4, 0.5) is 0 Å². The Bertz CT molecular complexity index is 439. The Kier molecular flexibility index (Phi) is 5.08. The lowest BCUT2D eigenvalue weighted by Crippen LogP contribution is -2.15. The Labute approximate surface area is 118 Å². The summed E-state index contributed by atoms with van der Waals surface area (Å²) in [5, 5.41) is 0.428. The summed E-state index contributed by atoms with van der Waals surface area (Å²) in [7, 11) is 1.55. The topological polar surface area (TPSA) is 35.5 Å². The van der Waals surface area contributed by atoms with E-state index in [4.69, 9.17) is 21.1 Å². The molecule has 0 spiro atoms. The number of halogens is 1. The monoisotopic (exact) mass is 282 g/mol. The molecule has 1 aliphatic carbocycles. The van der Waals surface area contributed by atoms with E-state index in [9.17, 15) is 4.79 Å².